The van der Waals surface area contributed by atoms with Crippen LogP contribution in [0.1, 0.15) is 31.2 Å². The van der Waals surface area contributed by atoms with E-state index < -0.39 is 10.0 Å². The third-order valence-electron chi connectivity index (χ3n) is 3.47. The molecule has 0 N–H and O–H groups in total. The minimum absolute atomic E-state index is 0.112. The van der Waals surface area contributed by atoms with Gasteiger partial charge in [0.15, 0.2) is 0 Å². The second kappa shape index (κ2) is 5.19. The molecule has 17 heavy (non-hydrogen) atoms. The van der Waals surface area contributed by atoms with Gasteiger partial charge in [-0.25, -0.2) is 12.7 Å². The maximum absolute atomic E-state index is 12.2. The summed E-state index contributed by atoms with van der Waals surface area (Å²) in [5.74, 6) is 0.112. The van der Waals surface area contributed by atoms with Gasteiger partial charge in [-0.1, -0.05) is 43.2 Å². The predicted molar refractivity (Wildman–Crippen MR) is 69.1 cm³/mol. The Bertz CT molecular complexity index is 450. The van der Waals surface area contributed by atoms with Gasteiger partial charge in [-0.05, 0) is 18.4 Å². The van der Waals surface area contributed by atoms with E-state index in [1.165, 1.54) is 0 Å². The summed E-state index contributed by atoms with van der Waals surface area (Å²) in [6, 6.07) is 9.58. The SMILES string of the molecule is CN(C1CCCC1)S(=O)(=O)Cc1ccccc1. The highest BCUT2D eigenvalue weighted by molar-refractivity contribution is 7.88. The van der Waals surface area contributed by atoms with Gasteiger partial charge in [0, 0.05) is 13.1 Å². The Morgan fingerprint density at radius 3 is 2.35 bits per heavy atom. The molecule has 0 atom stereocenters. The predicted octanol–water partition coefficient (Wildman–Crippen LogP) is 2.39. The molecule has 1 aromatic carbocycles. The van der Waals surface area contributed by atoms with Crippen LogP contribution in [0.4, 0.5) is 0 Å². The van der Waals surface area contributed by atoms with Crippen LogP contribution in [0.3, 0.4) is 0 Å². The zero-order valence-corrected chi connectivity index (χ0v) is 11.0. The minimum Gasteiger partial charge on any atom is -0.212 e. The van der Waals surface area contributed by atoms with Crippen LogP contribution in [-0.4, -0.2) is 25.8 Å². The average molecular weight is 253 g/mol. The van der Waals surface area contributed by atoms with Crippen LogP contribution in [0.5, 0.6) is 0 Å². The van der Waals surface area contributed by atoms with Crippen LogP contribution in [0, 0.1) is 0 Å². The Balaban J connectivity index is 2.08. The summed E-state index contributed by atoms with van der Waals surface area (Å²) in [5.41, 5.74) is 0.859. The molecule has 0 radical (unpaired) electrons. The van der Waals surface area contributed by atoms with Crippen LogP contribution >= 0.6 is 0 Å². The van der Waals surface area contributed by atoms with Crippen LogP contribution in [0.2, 0.25) is 0 Å². The Hall–Kier alpha value is -0.870. The van der Waals surface area contributed by atoms with E-state index in [2.05, 4.69) is 0 Å². The van der Waals surface area contributed by atoms with Crippen molar-refractivity contribution in [2.24, 2.45) is 0 Å². The van der Waals surface area contributed by atoms with Gasteiger partial charge in [0.2, 0.25) is 10.0 Å². The van der Waals surface area contributed by atoms with Crippen LogP contribution in [-0.2, 0) is 15.8 Å². The molecule has 0 saturated heterocycles. The van der Waals surface area contributed by atoms with Gasteiger partial charge in [0.1, 0.15) is 0 Å². The van der Waals surface area contributed by atoms with Crippen molar-refractivity contribution in [3.05, 3.63) is 35.9 Å². The lowest BCUT2D eigenvalue weighted by Gasteiger charge is -2.23. The lowest BCUT2D eigenvalue weighted by Crippen LogP contribution is -2.36. The molecule has 1 fully saturated rings. The van der Waals surface area contributed by atoms with Crippen molar-refractivity contribution in [1.82, 2.24) is 4.31 Å². The molecule has 4 heteroatoms. The number of hydrogen-bond acceptors (Lipinski definition) is 2. The van der Waals surface area contributed by atoms with Gasteiger partial charge in [-0.3, -0.25) is 0 Å². The maximum Gasteiger partial charge on any atom is 0.218 e. The van der Waals surface area contributed by atoms with Crippen molar-refractivity contribution >= 4 is 10.0 Å². The van der Waals surface area contributed by atoms with E-state index in [0.29, 0.717) is 0 Å². The van der Waals surface area contributed by atoms with E-state index in [4.69, 9.17) is 0 Å². The summed E-state index contributed by atoms with van der Waals surface area (Å²) in [4.78, 5) is 0. The number of sulfonamides is 1. The van der Waals surface area contributed by atoms with Gasteiger partial charge in [-0.2, -0.15) is 0 Å². The molecule has 0 aromatic heterocycles. The first-order chi connectivity index (χ1) is 8.09. The molecule has 1 aliphatic carbocycles. The van der Waals surface area contributed by atoms with Gasteiger partial charge in [-0.15, -0.1) is 0 Å². The Morgan fingerprint density at radius 1 is 1.18 bits per heavy atom. The van der Waals surface area contributed by atoms with Crippen molar-refractivity contribution in [3.63, 3.8) is 0 Å². The molecule has 0 spiro atoms. The zero-order valence-electron chi connectivity index (χ0n) is 10.2. The highest BCUT2D eigenvalue weighted by Gasteiger charge is 2.28. The van der Waals surface area contributed by atoms with Crippen molar-refractivity contribution in [1.29, 1.82) is 0 Å². The normalized spacial score (nSPS) is 17.8. The molecule has 3 nitrogen and oxygen atoms in total. The molecule has 1 aliphatic rings. The summed E-state index contributed by atoms with van der Waals surface area (Å²) >= 11 is 0. The number of hydrogen-bond donors (Lipinski definition) is 0. The maximum atomic E-state index is 12.2. The molecule has 94 valence electrons. The summed E-state index contributed by atoms with van der Waals surface area (Å²) in [6.07, 6.45) is 4.31. The summed E-state index contributed by atoms with van der Waals surface area (Å²) in [7, 11) is -1.45. The van der Waals surface area contributed by atoms with E-state index >= 15 is 0 Å². The zero-order chi connectivity index (χ0) is 12.3. The average Bonchev–Trinajstić information content (AvgIpc) is 2.82. The quantitative estimate of drug-likeness (QED) is 0.826. The first-order valence-electron chi connectivity index (χ1n) is 6.09. The fourth-order valence-electron chi connectivity index (χ4n) is 2.38. The van der Waals surface area contributed by atoms with Crippen molar-refractivity contribution in [2.75, 3.05) is 7.05 Å². The number of rotatable bonds is 4. The molecule has 0 aliphatic heterocycles. The highest BCUT2D eigenvalue weighted by Crippen LogP contribution is 2.25. The molecular formula is C13H19NO2S. The molecule has 1 saturated carbocycles. The Morgan fingerprint density at radius 2 is 1.76 bits per heavy atom. The Labute approximate surface area is 104 Å². The van der Waals surface area contributed by atoms with Crippen LogP contribution in [0.15, 0.2) is 30.3 Å². The van der Waals surface area contributed by atoms with Crippen molar-refractivity contribution in [3.8, 4) is 0 Å². The highest BCUT2D eigenvalue weighted by atomic mass is 32.2. The molecule has 0 amide bonds. The standard InChI is InChI=1S/C13H19NO2S/c1-14(13-9-5-6-10-13)17(15,16)11-12-7-3-2-4-8-12/h2-4,7-8,13H,5-6,9-11H2,1H3. The molecular weight excluding hydrogens is 234 g/mol. The first kappa shape index (κ1) is 12.6. The van der Waals surface area contributed by atoms with Crippen molar-refractivity contribution in [2.45, 2.75) is 37.5 Å². The van der Waals surface area contributed by atoms with E-state index in [1.54, 1.807) is 11.4 Å². The minimum atomic E-state index is -3.16. The molecule has 2 rings (SSSR count). The second-order valence-electron chi connectivity index (χ2n) is 4.70. The second-order valence-corrected chi connectivity index (χ2v) is 6.72. The smallest absolute Gasteiger partial charge is 0.212 e. The third-order valence-corrected chi connectivity index (χ3v) is 5.34. The summed E-state index contributed by atoms with van der Waals surface area (Å²) < 4.78 is 26.0. The van der Waals surface area contributed by atoms with Gasteiger partial charge >= 0.3 is 0 Å². The Kier molecular flexibility index (Phi) is 3.84. The largest absolute Gasteiger partial charge is 0.218 e. The topological polar surface area (TPSA) is 37.4 Å². The monoisotopic (exact) mass is 253 g/mol. The van der Waals surface area contributed by atoms with Gasteiger partial charge in [0.25, 0.3) is 0 Å². The molecule has 0 bridgehead atoms. The van der Waals surface area contributed by atoms with E-state index in [0.717, 1.165) is 31.2 Å². The van der Waals surface area contributed by atoms with E-state index in [-0.39, 0.29) is 11.8 Å². The first-order valence-corrected chi connectivity index (χ1v) is 7.70. The molecule has 1 aromatic rings. The van der Waals surface area contributed by atoms with Crippen LogP contribution in [0.25, 0.3) is 0 Å². The van der Waals surface area contributed by atoms with Crippen molar-refractivity contribution < 1.29 is 8.42 Å². The summed E-state index contributed by atoms with van der Waals surface area (Å²) in [6.45, 7) is 0. The van der Waals surface area contributed by atoms with E-state index in [9.17, 15) is 8.42 Å². The number of nitrogens with zero attached hydrogens (tertiary/aromatic N) is 1. The third kappa shape index (κ3) is 3.07. The molecule has 0 heterocycles. The molecule has 0 unspecified atom stereocenters. The van der Waals surface area contributed by atoms with Gasteiger partial charge < -0.3 is 0 Å². The lowest BCUT2D eigenvalue weighted by atomic mass is 10.2. The fourth-order valence-corrected chi connectivity index (χ4v) is 3.86. The fraction of sp³-hybridized carbons (Fsp3) is 0.538. The summed E-state index contributed by atoms with van der Waals surface area (Å²) in [5, 5.41) is 0. The van der Waals surface area contributed by atoms with Gasteiger partial charge in [0.05, 0.1) is 5.75 Å². The number of benzene rings is 1. The van der Waals surface area contributed by atoms with Crippen LogP contribution < -0.4 is 0 Å². The lowest BCUT2D eigenvalue weighted by molar-refractivity contribution is 0.372. The van der Waals surface area contributed by atoms with E-state index in [1.807, 2.05) is 30.3 Å².